The first-order valence-corrected chi connectivity index (χ1v) is 8.08. The lowest BCUT2D eigenvalue weighted by molar-refractivity contribution is 0.0247. The SMILES string of the molecule is NC1NC(C2=CC(N3CCOCC3)c3ccc(O)c(O)c3C2)=CO1. The molecule has 5 N–H and O–H groups in total. The van der Waals surface area contributed by atoms with Gasteiger partial charge in [-0.25, -0.2) is 0 Å². The van der Waals surface area contributed by atoms with Crippen molar-refractivity contribution in [2.45, 2.75) is 18.8 Å². The number of allylic oxidation sites excluding steroid dienone is 1. The van der Waals surface area contributed by atoms with Crippen LogP contribution < -0.4 is 11.1 Å². The lowest BCUT2D eigenvalue weighted by Gasteiger charge is -2.37. The fourth-order valence-electron chi connectivity index (χ4n) is 3.51. The molecule has 7 nitrogen and oxygen atoms in total. The summed E-state index contributed by atoms with van der Waals surface area (Å²) in [5.74, 6) is -0.155. The minimum Gasteiger partial charge on any atom is -0.504 e. The van der Waals surface area contributed by atoms with Gasteiger partial charge in [0.15, 0.2) is 11.5 Å². The molecule has 0 spiro atoms. The highest BCUT2D eigenvalue weighted by Gasteiger charge is 2.31. The van der Waals surface area contributed by atoms with Gasteiger partial charge in [-0.2, -0.15) is 0 Å². The van der Waals surface area contributed by atoms with E-state index in [2.05, 4.69) is 16.3 Å². The minimum absolute atomic E-state index is 0.0127. The minimum atomic E-state index is -0.554. The van der Waals surface area contributed by atoms with Crippen molar-refractivity contribution in [3.63, 3.8) is 0 Å². The monoisotopic (exact) mass is 331 g/mol. The van der Waals surface area contributed by atoms with E-state index in [9.17, 15) is 10.2 Å². The molecular formula is C17H21N3O4. The van der Waals surface area contributed by atoms with E-state index in [0.717, 1.165) is 35.5 Å². The van der Waals surface area contributed by atoms with Crippen molar-refractivity contribution < 1.29 is 19.7 Å². The normalized spacial score (nSPS) is 26.9. The fourth-order valence-corrected chi connectivity index (χ4v) is 3.51. The molecular weight excluding hydrogens is 310 g/mol. The van der Waals surface area contributed by atoms with E-state index < -0.39 is 6.35 Å². The van der Waals surface area contributed by atoms with Gasteiger partial charge in [0.05, 0.1) is 25.0 Å². The molecule has 0 bridgehead atoms. The Morgan fingerprint density at radius 3 is 2.71 bits per heavy atom. The summed E-state index contributed by atoms with van der Waals surface area (Å²) in [7, 11) is 0. The van der Waals surface area contributed by atoms with Crippen molar-refractivity contribution in [3.8, 4) is 11.5 Å². The van der Waals surface area contributed by atoms with E-state index >= 15 is 0 Å². The van der Waals surface area contributed by atoms with Gasteiger partial charge in [0.25, 0.3) is 0 Å². The molecule has 0 saturated carbocycles. The molecule has 1 aromatic carbocycles. The molecule has 0 amide bonds. The smallest absolute Gasteiger partial charge is 0.224 e. The molecule has 1 fully saturated rings. The van der Waals surface area contributed by atoms with Crippen LogP contribution in [0.2, 0.25) is 0 Å². The number of ether oxygens (including phenoxy) is 2. The highest BCUT2D eigenvalue weighted by atomic mass is 16.5. The summed E-state index contributed by atoms with van der Waals surface area (Å²) in [5, 5.41) is 23.3. The summed E-state index contributed by atoms with van der Waals surface area (Å²) in [4.78, 5) is 2.31. The van der Waals surface area contributed by atoms with E-state index in [0.29, 0.717) is 19.6 Å². The molecule has 4 rings (SSSR count). The van der Waals surface area contributed by atoms with Crippen LogP contribution in [0.1, 0.15) is 17.2 Å². The highest BCUT2D eigenvalue weighted by molar-refractivity contribution is 5.56. The van der Waals surface area contributed by atoms with Gasteiger partial charge in [0.1, 0.15) is 6.26 Å². The number of morpholine rings is 1. The summed E-state index contributed by atoms with van der Waals surface area (Å²) in [6.45, 7) is 3.01. The quantitative estimate of drug-likeness (QED) is 0.591. The van der Waals surface area contributed by atoms with Crippen LogP contribution >= 0.6 is 0 Å². The number of fused-ring (bicyclic) bond motifs is 1. The summed E-state index contributed by atoms with van der Waals surface area (Å²) >= 11 is 0. The van der Waals surface area contributed by atoms with E-state index in [1.165, 1.54) is 0 Å². The third-order valence-corrected chi connectivity index (χ3v) is 4.76. The molecule has 3 aliphatic rings. The molecule has 0 aromatic heterocycles. The number of nitrogens with zero attached hydrogens (tertiary/aromatic N) is 1. The zero-order chi connectivity index (χ0) is 16.7. The molecule has 0 radical (unpaired) electrons. The maximum Gasteiger partial charge on any atom is 0.224 e. The largest absolute Gasteiger partial charge is 0.504 e. The number of hydrogen-bond acceptors (Lipinski definition) is 7. The molecule has 7 heteroatoms. The van der Waals surface area contributed by atoms with Crippen LogP contribution in [0.25, 0.3) is 0 Å². The second-order valence-corrected chi connectivity index (χ2v) is 6.20. The van der Waals surface area contributed by atoms with E-state index in [1.807, 2.05) is 6.07 Å². The molecule has 1 aromatic rings. The van der Waals surface area contributed by atoms with E-state index in [1.54, 1.807) is 12.3 Å². The number of nitrogens with two attached hydrogens (primary N) is 1. The molecule has 2 heterocycles. The molecule has 1 saturated heterocycles. The Labute approximate surface area is 140 Å². The van der Waals surface area contributed by atoms with Crippen LogP contribution in [0, 0.1) is 0 Å². The first-order chi connectivity index (χ1) is 11.6. The van der Waals surface area contributed by atoms with Crippen LogP contribution in [0.4, 0.5) is 0 Å². The predicted octanol–water partition coefficient (Wildman–Crippen LogP) is 0.657. The number of benzene rings is 1. The fraction of sp³-hybridized carbons (Fsp3) is 0.412. The number of nitrogens with one attached hydrogen (secondary N) is 1. The maximum atomic E-state index is 10.4. The zero-order valence-electron chi connectivity index (χ0n) is 13.2. The number of phenolic OH excluding ortho intramolecular Hbond substituents is 2. The molecule has 1 aliphatic carbocycles. The first kappa shape index (κ1) is 15.3. The van der Waals surface area contributed by atoms with Crippen LogP contribution in [0.15, 0.2) is 35.7 Å². The Kier molecular flexibility index (Phi) is 3.84. The van der Waals surface area contributed by atoms with Gasteiger partial charge in [0.2, 0.25) is 6.35 Å². The van der Waals surface area contributed by atoms with Crippen LogP contribution in [0.5, 0.6) is 11.5 Å². The third-order valence-electron chi connectivity index (χ3n) is 4.76. The van der Waals surface area contributed by atoms with Crippen LogP contribution in [-0.2, 0) is 15.9 Å². The van der Waals surface area contributed by atoms with Crippen molar-refractivity contribution in [1.82, 2.24) is 10.2 Å². The van der Waals surface area contributed by atoms with Crippen molar-refractivity contribution in [2.24, 2.45) is 5.73 Å². The van der Waals surface area contributed by atoms with Crippen molar-refractivity contribution in [3.05, 3.63) is 46.9 Å². The lowest BCUT2D eigenvalue weighted by Crippen LogP contribution is -2.40. The van der Waals surface area contributed by atoms with Gasteiger partial charge in [-0.15, -0.1) is 0 Å². The number of aromatic hydroxyl groups is 2. The average molecular weight is 331 g/mol. The Bertz CT molecular complexity index is 710. The number of hydrogen-bond donors (Lipinski definition) is 4. The van der Waals surface area contributed by atoms with Crippen molar-refractivity contribution >= 4 is 0 Å². The van der Waals surface area contributed by atoms with E-state index in [4.69, 9.17) is 15.2 Å². The van der Waals surface area contributed by atoms with Crippen molar-refractivity contribution in [1.29, 1.82) is 0 Å². The Morgan fingerprint density at radius 2 is 2.00 bits per heavy atom. The molecule has 2 aliphatic heterocycles. The molecule has 24 heavy (non-hydrogen) atoms. The van der Waals surface area contributed by atoms with Gasteiger partial charge < -0.3 is 25.0 Å². The Hall–Kier alpha value is -2.22. The number of phenols is 2. The first-order valence-electron chi connectivity index (χ1n) is 8.08. The van der Waals surface area contributed by atoms with Gasteiger partial charge in [-0.05, 0) is 17.2 Å². The number of rotatable bonds is 2. The van der Waals surface area contributed by atoms with Crippen LogP contribution in [-0.4, -0.2) is 47.8 Å². The maximum absolute atomic E-state index is 10.4. The summed E-state index contributed by atoms with van der Waals surface area (Å²) < 4.78 is 10.7. The standard InChI is InChI=1S/C17H21N3O4/c18-17-19-13(9-24-17)10-7-12-11(1-2-15(21)16(12)22)14(8-10)20-3-5-23-6-4-20/h1-2,8-9,14,17,19,21-22H,3-7,18H2. The topological polar surface area (TPSA) is 100 Å². The van der Waals surface area contributed by atoms with Gasteiger partial charge >= 0.3 is 0 Å². The molecule has 128 valence electrons. The summed E-state index contributed by atoms with van der Waals surface area (Å²) in [5.41, 5.74) is 9.29. The average Bonchev–Trinajstić information content (AvgIpc) is 3.05. The lowest BCUT2D eigenvalue weighted by atomic mass is 9.85. The molecule has 2 unspecified atom stereocenters. The Morgan fingerprint density at radius 1 is 1.21 bits per heavy atom. The van der Waals surface area contributed by atoms with Gasteiger partial charge in [0, 0.05) is 25.1 Å². The third kappa shape index (κ3) is 2.60. The second kappa shape index (κ2) is 6.01. The highest BCUT2D eigenvalue weighted by Crippen LogP contribution is 2.42. The predicted molar refractivity (Wildman–Crippen MR) is 87.0 cm³/mol. The van der Waals surface area contributed by atoms with Gasteiger partial charge in [-0.3, -0.25) is 10.6 Å². The summed E-state index contributed by atoms with van der Waals surface area (Å²) in [6, 6.07) is 3.45. The van der Waals surface area contributed by atoms with Crippen molar-refractivity contribution in [2.75, 3.05) is 26.3 Å². The zero-order valence-corrected chi connectivity index (χ0v) is 13.2. The molecule has 2 atom stereocenters. The van der Waals surface area contributed by atoms with Gasteiger partial charge in [-0.1, -0.05) is 12.1 Å². The van der Waals surface area contributed by atoms with Crippen LogP contribution in [0.3, 0.4) is 0 Å². The Balaban J connectivity index is 1.75. The summed E-state index contributed by atoms with van der Waals surface area (Å²) in [6.07, 6.45) is 3.73. The second-order valence-electron chi connectivity index (χ2n) is 6.20. The van der Waals surface area contributed by atoms with E-state index in [-0.39, 0.29) is 17.5 Å².